The Morgan fingerprint density at radius 1 is 1.14 bits per heavy atom. The van der Waals surface area contributed by atoms with E-state index in [1.807, 2.05) is 42.5 Å². The van der Waals surface area contributed by atoms with Crippen LogP contribution in [0.3, 0.4) is 0 Å². The van der Waals surface area contributed by atoms with Gasteiger partial charge in [0.2, 0.25) is 0 Å². The van der Waals surface area contributed by atoms with Gasteiger partial charge in [0.1, 0.15) is 11.3 Å². The summed E-state index contributed by atoms with van der Waals surface area (Å²) in [7, 11) is 0. The summed E-state index contributed by atoms with van der Waals surface area (Å²) >= 11 is 0. The second kappa shape index (κ2) is 9.56. The van der Waals surface area contributed by atoms with E-state index in [-0.39, 0.29) is 0 Å². The van der Waals surface area contributed by atoms with E-state index >= 15 is 0 Å². The summed E-state index contributed by atoms with van der Waals surface area (Å²) in [6.07, 6.45) is 4.07. The number of benzene rings is 2. The smallest absolute Gasteiger partial charge is 0.347 e. The first-order valence-corrected chi connectivity index (χ1v) is 10.0. The molecule has 0 radical (unpaired) electrons. The maximum atomic E-state index is 11.2. The molecular formula is C23H28N2O4. The summed E-state index contributed by atoms with van der Waals surface area (Å²) in [5.41, 5.74) is 1.58. The largest absolute Gasteiger partial charge is 0.478 e. The summed E-state index contributed by atoms with van der Waals surface area (Å²) in [6, 6.07) is 15.4. The van der Waals surface area contributed by atoms with Crippen LogP contribution >= 0.6 is 0 Å². The van der Waals surface area contributed by atoms with E-state index in [1.54, 1.807) is 19.9 Å². The number of carboxylic acids is 1. The highest BCUT2D eigenvalue weighted by Gasteiger charge is 2.29. The van der Waals surface area contributed by atoms with Crippen molar-refractivity contribution in [2.75, 3.05) is 6.54 Å². The van der Waals surface area contributed by atoms with Gasteiger partial charge in [-0.2, -0.15) is 0 Å². The van der Waals surface area contributed by atoms with Gasteiger partial charge in [-0.3, -0.25) is 0 Å². The molecule has 6 heteroatoms. The number of carbonyl (C=O) groups is 1. The van der Waals surface area contributed by atoms with Gasteiger partial charge in [-0.25, -0.2) is 9.78 Å². The quantitative estimate of drug-likeness (QED) is 0.462. The van der Waals surface area contributed by atoms with Crippen molar-refractivity contribution in [2.24, 2.45) is 0 Å². The lowest BCUT2D eigenvalue weighted by Crippen LogP contribution is -2.37. The zero-order chi connectivity index (χ0) is 20.7. The summed E-state index contributed by atoms with van der Waals surface area (Å²) in [5.74, 6) is 0.383. The number of para-hydroxylation sites is 2. The first kappa shape index (κ1) is 20.9. The molecule has 0 unspecified atom stereocenters. The van der Waals surface area contributed by atoms with E-state index in [0.29, 0.717) is 5.75 Å². The Kier molecular flexibility index (Phi) is 6.88. The number of aryl methyl sites for hydroxylation is 1. The Morgan fingerprint density at radius 3 is 2.76 bits per heavy atom. The number of hydrogen-bond acceptors (Lipinski definition) is 5. The number of ether oxygens (including phenoxy) is 1. The van der Waals surface area contributed by atoms with Crippen LogP contribution in [-0.2, 0) is 17.8 Å². The second-order valence-corrected chi connectivity index (χ2v) is 7.63. The molecule has 0 bridgehead atoms. The molecule has 3 aromatic rings. The fourth-order valence-electron chi connectivity index (χ4n) is 3.02. The van der Waals surface area contributed by atoms with Crippen LogP contribution in [0.5, 0.6) is 5.75 Å². The van der Waals surface area contributed by atoms with Gasteiger partial charge in [-0.1, -0.05) is 30.7 Å². The average Bonchev–Trinajstić information content (AvgIpc) is 3.10. The number of aromatic nitrogens is 1. The van der Waals surface area contributed by atoms with E-state index in [9.17, 15) is 9.90 Å². The summed E-state index contributed by atoms with van der Waals surface area (Å²) in [6.45, 7) is 4.72. The fraction of sp³-hybridized carbons (Fsp3) is 0.391. The first-order chi connectivity index (χ1) is 13.9. The van der Waals surface area contributed by atoms with E-state index in [4.69, 9.17) is 9.15 Å². The Balaban J connectivity index is 1.34. The van der Waals surface area contributed by atoms with Crippen molar-refractivity contribution >= 4 is 17.1 Å². The minimum atomic E-state index is -1.25. The predicted octanol–water partition coefficient (Wildman–Crippen LogP) is 4.57. The summed E-state index contributed by atoms with van der Waals surface area (Å²) in [4.78, 5) is 15.7. The molecule has 1 aromatic heterocycles. The Labute approximate surface area is 170 Å². The number of nitrogens with one attached hydrogen (secondary N) is 1. The standard InChI is InChI=1S/C23H28N2O4/c1-23(2,22(26)27)29-18-10-8-9-17(15-18)16-24-14-7-3-4-13-21-25-19-11-5-6-12-20(19)28-21/h5-6,8-12,15,24H,3-4,7,13-14,16H2,1-2H3,(H,26,27). The lowest BCUT2D eigenvalue weighted by molar-refractivity contribution is -0.152. The molecule has 0 amide bonds. The number of fused-ring (bicyclic) bond motifs is 1. The van der Waals surface area contributed by atoms with Crippen molar-refractivity contribution in [2.45, 2.75) is 51.7 Å². The molecule has 0 saturated heterocycles. The van der Waals surface area contributed by atoms with Gasteiger partial charge in [0.15, 0.2) is 17.1 Å². The van der Waals surface area contributed by atoms with Gasteiger partial charge < -0.3 is 19.6 Å². The topological polar surface area (TPSA) is 84.6 Å². The third kappa shape index (κ3) is 6.06. The Morgan fingerprint density at radius 2 is 1.97 bits per heavy atom. The van der Waals surface area contributed by atoms with Gasteiger partial charge >= 0.3 is 5.97 Å². The monoisotopic (exact) mass is 396 g/mol. The highest BCUT2D eigenvalue weighted by molar-refractivity contribution is 5.76. The molecule has 2 aromatic carbocycles. The number of nitrogens with zero attached hydrogens (tertiary/aromatic N) is 1. The maximum Gasteiger partial charge on any atom is 0.347 e. The minimum Gasteiger partial charge on any atom is -0.478 e. The molecule has 1 heterocycles. The normalized spacial score (nSPS) is 11.7. The molecule has 0 fully saturated rings. The van der Waals surface area contributed by atoms with Crippen molar-refractivity contribution < 1.29 is 19.1 Å². The molecule has 154 valence electrons. The molecule has 0 atom stereocenters. The van der Waals surface area contributed by atoms with E-state index in [2.05, 4.69) is 10.3 Å². The molecular weight excluding hydrogens is 368 g/mol. The van der Waals surface area contributed by atoms with E-state index in [1.165, 1.54) is 0 Å². The predicted molar refractivity (Wildman–Crippen MR) is 112 cm³/mol. The van der Waals surface area contributed by atoms with Crippen LogP contribution < -0.4 is 10.1 Å². The second-order valence-electron chi connectivity index (χ2n) is 7.63. The van der Waals surface area contributed by atoms with E-state index < -0.39 is 11.6 Å². The van der Waals surface area contributed by atoms with Crippen LogP contribution in [0.15, 0.2) is 52.9 Å². The summed E-state index contributed by atoms with van der Waals surface area (Å²) in [5, 5.41) is 12.6. The molecule has 0 aliphatic rings. The van der Waals surface area contributed by atoms with Gasteiger partial charge in [0.05, 0.1) is 0 Å². The van der Waals surface area contributed by atoms with Crippen LogP contribution in [0.4, 0.5) is 0 Å². The molecule has 3 rings (SSSR count). The van der Waals surface area contributed by atoms with Crippen LogP contribution in [-0.4, -0.2) is 28.2 Å². The Hall–Kier alpha value is -2.86. The molecule has 0 saturated carbocycles. The lowest BCUT2D eigenvalue weighted by Gasteiger charge is -2.21. The summed E-state index contributed by atoms with van der Waals surface area (Å²) < 4.78 is 11.3. The van der Waals surface area contributed by atoms with Crippen molar-refractivity contribution in [1.29, 1.82) is 0 Å². The highest BCUT2D eigenvalue weighted by atomic mass is 16.5. The lowest BCUT2D eigenvalue weighted by atomic mass is 10.1. The van der Waals surface area contributed by atoms with Gasteiger partial charge in [0.25, 0.3) is 0 Å². The molecule has 29 heavy (non-hydrogen) atoms. The SMILES string of the molecule is CC(C)(Oc1cccc(CNCCCCCc2nc3ccccc3o2)c1)C(=O)O. The molecule has 6 nitrogen and oxygen atoms in total. The van der Waals surface area contributed by atoms with Crippen molar-refractivity contribution in [3.8, 4) is 5.75 Å². The maximum absolute atomic E-state index is 11.2. The van der Waals surface area contributed by atoms with Crippen LogP contribution in [0, 0.1) is 0 Å². The van der Waals surface area contributed by atoms with Gasteiger partial charge in [-0.05, 0) is 63.1 Å². The number of oxazole rings is 1. The third-order valence-corrected chi connectivity index (χ3v) is 4.70. The van der Waals surface area contributed by atoms with Crippen molar-refractivity contribution in [3.05, 3.63) is 60.0 Å². The van der Waals surface area contributed by atoms with Crippen LogP contribution in [0.2, 0.25) is 0 Å². The highest BCUT2D eigenvalue weighted by Crippen LogP contribution is 2.20. The number of hydrogen-bond donors (Lipinski definition) is 2. The number of aliphatic carboxylic acids is 1. The molecule has 0 aliphatic heterocycles. The zero-order valence-electron chi connectivity index (χ0n) is 17.0. The zero-order valence-corrected chi connectivity index (χ0v) is 17.0. The van der Waals surface area contributed by atoms with Gasteiger partial charge in [-0.15, -0.1) is 0 Å². The number of unbranched alkanes of at least 4 members (excludes halogenated alkanes) is 2. The van der Waals surface area contributed by atoms with E-state index in [0.717, 1.165) is 61.3 Å². The molecule has 0 spiro atoms. The average molecular weight is 396 g/mol. The fourth-order valence-corrected chi connectivity index (χ4v) is 3.02. The number of carboxylic acid groups (broad SMARTS) is 1. The van der Waals surface area contributed by atoms with Crippen molar-refractivity contribution in [1.82, 2.24) is 10.3 Å². The van der Waals surface area contributed by atoms with Crippen molar-refractivity contribution in [3.63, 3.8) is 0 Å². The van der Waals surface area contributed by atoms with Crippen LogP contribution in [0.1, 0.15) is 44.6 Å². The molecule has 0 aliphatic carbocycles. The third-order valence-electron chi connectivity index (χ3n) is 4.70. The van der Waals surface area contributed by atoms with Gasteiger partial charge in [0, 0.05) is 13.0 Å². The minimum absolute atomic E-state index is 0.565. The molecule has 2 N–H and O–H groups in total. The van der Waals surface area contributed by atoms with Crippen LogP contribution in [0.25, 0.3) is 11.1 Å². The number of rotatable bonds is 11. The Bertz CT molecular complexity index is 916. The first-order valence-electron chi connectivity index (χ1n) is 10.0.